The first-order valence-electron chi connectivity index (χ1n) is 11.7. The minimum Gasteiger partial charge on any atom is -0.493 e. The number of carbonyl (C=O) groups is 5. The van der Waals surface area contributed by atoms with Gasteiger partial charge in [-0.25, -0.2) is 18.9 Å². The van der Waals surface area contributed by atoms with Crippen molar-refractivity contribution in [3.63, 3.8) is 0 Å². The number of urea groups is 1. The van der Waals surface area contributed by atoms with Crippen molar-refractivity contribution in [2.24, 2.45) is 0 Å². The Morgan fingerprint density at radius 3 is 2.38 bits per heavy atom. The molecule has 12 heteroatoms. The predicted octanol–water partition coefficient (Wildman–Crippen LogP) is 3.30. The molecule has 3 aromatic carbocycles. The molecule has 0 atom stereocenters. The summed E-state index contributed by atoms with van der Waals surface area (Å²) in [5.41, 5.74) is 0.364. The maximum Gasteiger partial charge on any atom is 0.337 e. The monoisotopic (exact) mass is 547 g/mol. The van der Waals surface area contributed by atoms with E-state index in [0.717, 1.165) is 4.90 Å². The molecule has 1 aliphatic heterocycles. The molecular formula is C28H22FN3O8. The zero-order valence-corrected chi connectivity index (χ0v) is 21.2. The number of anilines is 2. The van der Waals surface area contributed by atoms with Gasteiger partial charge in [-0.3, -0.25) is 19.7 Å². The first kappa shape index (κ1) is 27.5. The highest BCUT2D eigenvalue weighted by atomic mass is 19.1. The highest BCUT2D eigenvalue weighted by molar-refractivity contribution is 6.39. The standard InChI is InChI=1S/C28H22FN3O8/c1-38-23-14-16(7-12-22(23)40-15-24(33)30-21-6-4-3-5-20(21)29)13-19-25(34)31-28(37)32(26(19)35)18-10-8-17(9-11-18)27(36)39-2/h3-14H,15H2,1-2H3,(H,30,33)(H,31,34,37)/b19-13-. The van der Waals surface area contributed by atoms with Gasteiger partial charge in [-0.05, 0) is 60.2 Å². The van der Waals surface area contributed by atoms with E-state index in [9.17, 15) is 28.4 Å². The normalized spacial score (nSPS) is 14.0. The van der Waals surface area contributed by atoms with Gasteiger partial charge in [-0.15, -0.1) is 0 Å². The molecule has 11 nitrogen and oxygen atoms in total. The largest absolute Gasteiger partial charge is 0.493 e. The van der Waals surface area contributed by atoms with Crippen molar-refractivity contribution in [2.75, 3.05) is 31.0 Å². The minimum atomic E-state index is -0.951. The molecule has 1 fully saturated rings. The van der Waals surface area contributed by atoms with Crippen LogP contribution < -0.4 is 25.0 Å². The van der Waals surface area contributed by atoms with Gasteiger partial charge in [-0.2, -0.15) is 0 Å². The van der Waals surface area contributed by atoms with Gasteiger partial charge in [0.15, 0.2) is 18.1 Å². The van der Waals surface area contributed by atoms with Crippen LogP contribution in [0.3, 0.4) is 0 Å². The fraction of sp³-hybridized carbons (Fsp3) is 0.107. The molecule has 2 N–H and O–H groups in total. The van der Waals surface area contributed by atoms with Gasteiger partial charge in [0.05, 0.1) is 31.2 Å². The van der Waals surface area contributed by atoms with Crippen molar-refractivity contribution in [1.82, 2.24) is 5.32 Å². The van der Waals surface area contributed by atoms with Crippen LogP contribution in [0, 0.1) is 5.82 Å². The molecule has 0 aliphatic carbocycles. The first-order chi connectivity index (χ1) is 19.2. The summed E-state index contributed by atoms with van der Waals surface area (Å²) < 4.78 is 29.2. The molecule has 4 rings (SSSR count). The smallest absolute Gasteiger partial charge is 0.337 e. The number of para-hydroxylation sites is 1. The number of ether oxygens (including phenoxy) is 3. The Bertz CT molecular complexity index is 1530. The molecule has 3 aromatic rings. The van der Waals surface area contributed by atoms with Crippen molar-refractivity contribution in [2.45, 2.75) is 0 Å². The Hall–Kier alpha value is -5.52. The van der Waals surface area contributed by atoms with Crippen LogP contribution in [0.1, 0.15) is 15.9 Å². The second-order valence-corrected chi connectivity index (χ2v) is 8.22. The topological polar surface area (TPSA) is 140 Å². The highest BCUT2D eigenvalue weighted by Gasteiger charge is 2.37. The summed E-state index contributed by atoms with van der Waals surface area (Å²) in [5.74, 6) is -3.22. The van der Waals surface area contributed by atoms with Crippen LogP contribution in [0.5, 0.6) is 11.5 Å². The second-order valence-electron chi connectivity index (χ2n) is 8.22. The summed E-state index contributed by atoms with van der Waals surface area (Å²) in [4.78, 5) is 62.8. The minimum absolute atomic E-state index is 0.00685. The molecular weight excluding hydrogens is 525 g/mol. The van der Waals surface area contributed by atoms with E-state index in [4.69, 9.17) is 9.47 Å². The lowest BCUT2D eigenvalue weighted by atomic mass is 10.1. The number of nitrogens with one attached hydrogen (secondary N) is 2. The van der Waals surface area contributed by atoms with E-state index in [1.165, 1.54) is 81.0 Å². The molecule has 0 aromatic heterocycles. The van der Waals surface area contributed by atoms with Gasteiger partial charge in [-0.1, -0.05) is 18.2 Å². The second kappa shape index (κ2) is 11.9. The molecule has 1 aliphatic rings. The molecule has 0 unspecified atom stereocenters. The number of imide groups is 2. The third kappa shape index (κ3) is 5.96. The van der Waals surface area contributed by atoms with Gasteiger partial charge in [0, 0.05) is 0 Å². The molecule has 40 heavy (non-hydrogen) atoms. The number of barbiturate groups is 1. The van der Waals surface area contributed by atoms with E-state index >= 15 is 0 Å². The van der Waals surface area contributed by atoms with Crippen molar-refractivity contribution in [3.8, 4) is 11.5 Å². The number of carbonyl (C=O) groups excluding carboxylic acids is 5. The molecule has 0 saturated carbocycles. The number of rotatable bonds is 8. The fourth-order valence-corrected chi connectivity index (χ4v) is 3.71. The van der Waals surface area contributed by atoms with Crippen LogP contribution in [-0.2, 0) is 19.1 Å². The SMILES string of the molecule is COC(=O)c1ccc(N2C(=O)NC(=O)/C(=C/c3ccc(OCC(=O)Nc4ccccc4F)c(OC)c3)C2=O)cc1. The van der Waals surface area contributed by atoms with Crippen molar-refractivity contribution < 1.29 is 42.6 Å². The summed E-state index contributed by atoms with van der Waals surface area (Å²) >= 11 is 0. The molecule has 204 valence electrons. The summed E-state index contributed by atoms with van der Waals surface area (Å²) in [6.45, 7) is -0.447. The van der Waals surface area contributed by atoms with Crippen molar-refractivity contribution in [1.29, 1.82) is 0 Å². The first-order valence-corrected chi connectivity index (χ1v) is 11.7. The summed E-state index contributed by atoms with van der Waals surface area (Å²) in [6.07, 6.45) is 1.26. The zero-order chi connectivity index (χ0) is 28.8. The fourth-order valence-electron chi connectivity index (χ4n) is 3.71. The number of methoxy groups -OCH3 is 2. The number of nitrogens with zero attached hydrogens (tertiary/aromatic N) is 1. The number of halogens is 1. The Labute approximate surface area is 227 Å². The van der Waals surface area contributed by atoms with E-state index in [1.807, 2.05) is 0 Å². The Morgan fingerprint density at radius 1 is 0.975 bits per heavy atom. The van der Waals surface area contributed by atoms with E-state index in [1.54, 1.807) is 6.07 Å². The molecule has 5 amide bonds. The molecule has 1 saturated heterocycles. The number of esters is 1. The number of hydrogen-bond donors (Lipinski definition) is 2. The van der Waals surface area contributed by atoms with Crippen LogP contribution >= 0.6 is 0 Å². The molecule has 1 heterocycles. The lowest BCUT2D eigenvalue weighted by molar-refractivity contribution is -0.122. The third-order valence-electron chi connectivity index (χ3n) is 5.65. The number of benzene rings is 3. The van der Waals surface area contributed by atoms with Crippen LogP contribution in [0.2, 0.25) is 0 Å². The molecule has 0 bridgehead atoms. The van der Waals surface area contributed by atoms with Gasteiger partial charge in [0.25, 0.3) is 17.7 Å². The predicted molar refractivity (Wildman–Crippen MR) is 140 cm³/mol. The maximum atomic E-state index is 13.8. The van der Waals surface area contributed by atoms with Gasteiger partial charge >= 0.3 is 12.0 Å². The Balaban J connectivity index is 1.51. The average molecular weight is 547 g/mol. The average Bonchev–Trinajstić information content (AvgIpc) is 2.95. The Kier molecular flexibility index (Phi) is 8.19. The third-order valence-corrected chi connectivity index (χ3v) is 5.65. The van der Waals surface area contributed by atoms with Crippen LogP contribution in [0.15, 0.2) is 72.3 Å². The van der Waals surface area contributed by atoms with Crippen molar-refractivity contribution >= 4 is 47.2 Å². The van der Waals surface area contributed by atoms with Crippen LogP contribution in [-0.4, -0.2) is 50.5 Å². The summed E-state index contributed by atoms with van der Waals surface area (Å²) in [5, 5.41) is 4.51. The lowest BCUT2D eigenvalue weighted by Crippen LogP contribution is -2.54. The molecule has 0 radical (unpaired) electrons. The number of hydrogen-bond acceptors (Lipinski definition) is 8. The van der Waals surface area contributed by atoms with E-state index in [-0.39, 0.29) is 34.0 Å². The van der Waals surface area contributed by atoms with Gasteiger partial charge in [0.1, 0.15) is 11.4 Å². The highest BCUT2D eigenvalue weighted by Crippen LogP contribution is 2.30. The quantitative estimate of drug-likeness (QED) is 0.249. The lowest BCUT2D eigenvalue weighted by Gasteiger charge is -2.26. The molecule has 0 spiro atoms. The van der Waals surface area contributed by atoms with E-state index in [0.29, 0.717) is 5.56 Å². The van der Waals surface area contributed by atoms with Gasteiger partial charge in [0.2, 0.25) is 0 Å². The Morgan fingerprint density at radius 2 is 1.70 bits per heavy atom. The number of amides is 5. The zero-order valence-electron chi connectivity index (χ0n) is 21.2. The van der Waals surface area contributed by atoms with Crippen molar-refractivity contribution in [3.05, 3.63) is 89.2 Å². The summed E-state index contributed by atoms with van der Waals surface area (Å²) in [6, 6.07) is 14.7. The van der Waals surface area contributed by atoms with Crippen LogP contribution in [0.4, 0.5) is 20.6 Å². The van der Waals surface area contributed by atoms with E-state index in [2.05, 4.69) is 15.4 Å². The van der Waals surface area contributed by atoms with E-state index < -0.39 is 42.1 Å². The van der Waals surface area contributed by atoms with Crippen LogP contribution in [0.25, 0.3) is 6.08 Å². The maximum absolute atomic E-state index is 13.8. The van der Waals surface area contributed by atoms with Gasteiger partial charge < -0.3 is 19.5 Å². The summed E-state index contributed by atoms with van der Waals surface area (Å²) in [7, 11) is 2.58.